The lowest BCUT2D eigenvalue weighted by molar-refractivity contribution is 0.365. The summed E-state index contributed by atoms with van der Waals surface area (Å²) in [6, 6.07) is 2.02. The SMILES string of the molecule is CCC1(C)CN(c2cc(OC)n(C)n2)CCCN1. The first-order valence-corrected chi connectivity index (χ1v) is 6.66. The maximum Gasteiger partial charge on any atom is 0.213 e. The summed E-state index contributed by atoms with van der Waals surface area (Å²) in [5.74, 6) is 1.82. The molecule has 1 aromatic heterocycles. The van der Waals surface area contributed by atoms with Gasteiger partial charge < -0.3 is 15.0 Å². The topological polar surface area (TPSA) is 42.3 Å². The van der Waals surface area contributed by atoms with Crippen molar-refractivity contribution < 1.29 is 4.74 Å². The van der Waals surface area contributed by atoms with Crippen LogP contribution in [-0.4, -0.2) is 42.1 Å². The van der Waals surface area contributed by atoms with Crippen LogP contribution in [0.3, 0.4) is 0 Å². The van der Waals surface area contributed by atoms with Gasteiger partial charge in [0.25, 0.3) is 0 Å². The van der Waals surface area contributed by atoms with E-state index in [-0.39, 0.29) is 5.54 Å². The number of methoxy groups -OCH3 is 1. The molecule has 2 rings (SSSR count). The van der Waals surface area contributed by atoms with Crippen molar-refractivity contribution in [3.63, 3.8) is 0 Å². The molecule has 1 aliphatic rings. The standard InChI is InChI=1S/C13H24N4O/c1-5-13(2)10-17(8-6-7-14-13)11-9-12(18-4)16(3)15-11/h9,14H,5-8,10H2,1-4H3. The Morgan fingerprint density at radius 1 is 1.56 bits per heavy atom. The molecule has 0 spiro atoms. The number of hydrogen-bond donors (Lipinski definition) is 1. The molecule has 1 saturated heterocycles. The fourth-order valence-electron chi connectivity index (χ4n) is 2.43. The van der Waals surface area contributed by atoms with E-state index >= 15 is 0 Å². The van der Waals surface area contributed by atoms with E-state index in [1.54, 1.807) is 11.8 Å². The van der Waals surface area contributed by atoms with Gasteiger partial charge in [-0.2, -0.15) is 5.10 Å². The predicted molar refractivity (Wildman–Crippen MR) is 73.3 cm³/mol. The van der Waals surface area contributed by atoms with E-state index in [4.69, 9.17) is 4.74 Å². The number of rotatable bonds is 3. The maximum atomic E-state index is 5.28. The minimum absolute atomic E-state index is 0.168. The van der Waals surface area contributed by atoms with Crippen LogP contribution >= 0.6 is 0 Å². The molecule has 0 aromatic carbocycles. The molecule has 0 bridgehead atoms. The molecule has 1 unspecified atom stereocenters. The normalized spacial score (nSPS) is 25.0. The van der Waals surface area contributed by atoms with Crippen molar-refractivity contribution in [2.45, 2.75) is 32.2 Å². The summed E-state index contributed by atoms with van der Waals surface area (Å²) >= 11 is 0. The molecule has 1 aliphatic heterocycles. The van der Waals surface area contributed by atoms with Crippen molar-refractivity contribution in [3.05, 3.63) is 6.07 Å². The van der Waals surface area contributed by atoms with E-state index < -0.39 is 0 Å². The highest BCUT2D eigenvalue weighted by Gasteiger charge is 2.28. The molecule has 102 valence electrons. The second-order valence-electron chi connectivity index (χ2n) is 5.28. The zero-order chi connectivity index (χ0) is 13.2. The van der Waals surface area contributed by atoms with E-state index in [1.165, 1.54) is 0 Å². The van der Waals surface area contributed by atoms with Crippen molar-refractivity contribution in [2.75, 3.05) is 31.6 Å². The third kappa shape index (κ3) is 2.61. The summed E-state index contributed by atoms with van der Waals surface area (Å²) in [4.78, 5) is 2.35. The average molecular weight is 252 g/mol. The summed E-state index contributed by atoms with van der Waals surface area (Å²) in [5, 5.41) is 8.17. The van der Waals surface area contributed by atoms with E-state index in [2.05, 4.69) is 29.2 Å². The van der Waals surface area contributed by atoms with Crippen LogP contribution in [0.1, 0.15) is 26.7 Å². The molecular weight excluding hydrogens is 228 g/mol. The van der Waals surface area contributed by atoms with Gasteiger partial charge in [-0.05, 0) is 26.3 Å². The molecule has 1 N–H and O–H groups in total. The molecule has 1 fully saturated rings. The zero-order valence-corrected chi connectivity index (χ0v) is 11.9. The second kappa shape index (κ2) is 5.18. The molecule has 5 heteroatoms. The van der Waals surface area contributed by atoms with Gasteiger partial charge in [0.1, 0.15) is 0 Å². The third-order valence-corrected chi connectivity index (χ3v) is 3.83. The number of hydrogen-bond acceptors (Lipinski definition) is 4. The van der Waals surface area contributed by atoms with Crippen molar-refractivity contribution in [1.29, 1.82) is 0 Å². The highest BCUT2D eigenvalue weighted by atomic mass is 16.5. The molecule has 0 amide bonds. The van der Waals surface area contributed by atoms with Gasteiger partial charge in [0.05, 0.1) is 7.11 Å². The second-order valence-corrected chi connectivity index (χ2v) is 5.28. The molecular formula is C13H24N4O. The summed E-state index contributed by atoms with van der Waals surface area (Å²) in [6.07, 6.45) is 2.27. The minimum atomic E-state index is 0.168. The highest BCUT2D eigenvalue weighted by Crippen LogP contribution is 2.24. The number of ether oxygens (including phenoxy) is 1. The van der Waals surface area contributed by atoms with Gasteiger partial charge in [0.15, 0.2) is 5.82 Å². The van der Waals surface area contributed by atoms with E-state index in [0.29, 0.717) is 0 Å². The maximum absolute atomic E-state index is 5.28. The molecule has 5 nitrogen and oxygen atoms in total. The van der Waals surface area contributed by atoms with Crippen LogP contribution in [0.5, 0.6) is 5.88 Å². The Bertz CT molecular complexity index is 404. The summed E-state index contributed by atoms with van der Waals surface area (Å²) in [7, 11) is 3.60. The average Bonchev–Trinajstić information content (AvgIpc) is 2.62. The lowest BCUT2D eigenvalue weighted by Crippen LogP contribution is -2.48. The van der Waals surface area contributed by atoms with Gasteiger partial charge in [-0.15, -0.1) is 0 Å². The summed E-state index contributed by atoms with van der Waals surface area (Å²) in [5.41, 5.74) is 0.168. The Labute approximate surface area is 109 Å². The Hall–Kier alpha value is -1.23. The van der Waals surface area contributed by atoms with Gasteiger partial charge in [-0.1, -0.05) is 6.92 Å². The Balaban J connectivity index is 2.19. The Morgan fingerprint density at radius 2 is 2.33 bits per heavy atom. The Kier molecular flexibility index (Phi) is 3.80. The van der Waals surface area contributed by atoms with Crippen LogP contribution in [-0.2, 0) is 7.05 Å². The number of aromatic nitrogens is 2. The smallest absolute Gasteiger partial charge is 0.213 e. The largest absolute Gasteiger partial charge is 0.481 e. The van der Waals surface area contributed by atoms with Gasteiger partial charge in [-0.25, -0.2) is 4.68 Å². The first kappa shape index (κ1) is 13.2. The van der Waals surface area contributed by atoms with Gasteiger partial charge in [-0.3, -0.25) is 0 Å². The van der Waals surface area contributed by atoms with Crippen LogP contribution in [0.4, 0.5) is 5.82 Å². The minimum Gasteiger partial charge on any atom is -0.481 e. The van der Waals surface area contributed by atoms with Crippen LogP contribution in [0.15, 0.2) is 6.07 Å². The number of aryl methyl sites for hydroxylation is 1. The summed E-state index contributed by atoms with van der Waals surface area (Å²) in [6.45, 7) is 7.62. The molecule has 1 aromatic rings. The lowest BCUT2D eigenvalue weighted by atomic mass is 9.99. The van der Waals surface area contributed by atoms with Gasteiger partial charge >= 0.3 is 0 Å². The fraction of sp³-hybridized carbons (Fsp3) is 0.769. The number of anilines is 1. The van der Waals surface area contributed by atoms with E-state index in [9.17, 15) is 0 Å². The zero-order valence-electron chi connectivity index (χ0n) is 11.9. The molecule has 2 heterocycles. The first-order chi connectivity index (χ1) is 8.58. The third-order valence-electron chi connectivity index (χ3n) is 3.83. The Morgan fingerprint density at radius 3 is 2.94 bits per heavy atom. The quantitative estimate of drug-likeness (QED) is 0.883. The predicted octanol–water partition coefficient (Wildman–Crippen LogP) is 1.40. The number of nitrogens with zero attached hydrogens (tertiary/aromatic N) is 3. The van der Waals surface area contributed by atoms with E-state index in [1.807, 2.05) is 13.1 Å². The molecule has 0 saturated carbocycles. The van der Waals surface area contributed by atoms with Crippen molar-refractivity contribution >= 4 is 5.82 Å². The molecule has 0 radical (unpaired) electrons. The van der Waals surface area contributed by atoms with E-state index in [0.717, 1.165) is 44.2 Å². The summed E-state index contributed by atoms with van der Waals surface area (Å²) < 4.78 is 7.07. The van der Waals surface area contributed by atoms with Crippen LogP contribution in [0, 0.1) is 0 Å². The van der Waals surface area contributed by atoms with Gasteiger partial charge in [0, 0.05) is 31.7 Å². The van der Waals surface area contributed by atoms with Crippen molar-refractivity contribution in [1.82, 2.24) is 15.1 Å². The fourth-order valence-corrected chi connectivity index (χ4v) is 2.43. The van der Waals surface area contributed by atoms with Crippen LogP contribution in [0.25, 0.3) is 0 Å². The first-order valence-electron chi connectivity index (χ1n) is 6.66. The van der Waals surface area contributed by atoms with Crippen molar-refractivity contribution in [3.8, 4) is 5.88 Å². The molecule has 1 atom stereocenters. The monoisotopic (exact) mass is 252 g/mol. The number of nitrogens with one attached hydrogen (secondary N) is 1. The van der Waals surface area contributed by atoms with Crippen LogP contribution in [0.2, 0.25) is 0 Å². The lowest BCUT2D eigenvalue weighted by Gasteiger charge is -2.32. The van der Waals surface area contributed by atoms with Crippen molar-refractivity contribution in [2.24, 2.45) is 7.05 Å². The highest BCUT2D eigenvalue weighted by molar-refractivity contribution is 5.43. The van der Waals surface area contributed by atoms with Gasteiger partial charge in [0.2, 0.25) is 5.88 Å². The molecule has 18 heavy (non-hydrogen) atoms. The molecule has 0 aliphatic carbocycles. The van der Waals surface area contributed by atoms with Crippen LogP contribution < -0.4 is 15.0 Å².